The van der Waals surface area contributed by atoms with Gasteiger partial charge in [-0.1, -0.05) is 35.9 Å². The van der Waals surface area contributed by atoms with E-state index >= 15 is 0 Å². The lowest BCUT2D eigenvalue weighted by molar-refractivity contribution is -0.139. The molecule has 1 saturated heterocycles. The highest BCUT2D eigenvalue weighted by molar-refractivity contribution is 6.30. The van der Waals surface area contributed by atoms with Gasteiger partial charge in [0.1, 0.15) is 11.6 Å². The molecule has 0 bridgehead atoms. The van der Waals surface area contributed by atoms with Gasteiger partial charge in [0.05, 0.1) is 17.7 Å². The maximum atomic E-state index is 13.3. The van der Waals surface area contributed by atoms with Gasteiger partial charge in [-0.05, 0) is 61.9 Å². The Balaban J connectivity index is 1.22. The zero-order valence-electron chi connectivity index (χ0n) is 21.8. The number of piperazine rings is 1. The standard InChI is InChI=1S/C30H29ClFN3O4/c1-19-15-34(20(2)14-33(19)16-21-7-10-24(32)11-8-21)28(36)18-39-27-12-9-23(31)13-22(27)17-35-29(37)25-5-3-4-6-26(25)30(35)38/h3-13,19-20H,14-18H2,1-2H3/t19-,20+/m0/s1. The molecule has 9 heteroatoms. The number of benzene rings is 3. The first-order valence-electron chi connectivity index (χ1n) is 12.9. The molecule has 39 heavy (non-hydrogen) atoms. The number of imide groups is 1. The third-order valence-corrected chi connectivity index (χ3v) is 7.55. The Bertz CT molecular complexity index is 1380. The van der Waals surface area contributed by atoms with Crippen LogP contribution in [-0.2, 0) is 17.9 Å². The van der Waals surface area contributed by atoms with Gasteiger partial charge >= 0.3 is 0 Å². The van der Waals surface area contributed by atoms with Crippen LogP contribution in [-0.4, -0.2) is 64.2 Å². The summed E-state index contributed by atoms with van der Waals surface area (Å²) in [7, 11) is 0. The van der Waals surface area contributed by atoms with Gasteiger partial charge in [-0.3, -0.25) is 24.2 Å². The SMILES string of the molecule is C[C@@H]1CN(Cc2ccc(F)cc2)[C@@H](C)CN1C(=O)COc1ccc(Cl)cc1CN1C(=O)c2ccccc2C1=O. The Morgan fingerprint density at radius 3 is 2.26 bits per heavy atom. The molecule has 2 atom stereocenters. The lowest BCUT2D eigenvalue weighted by Crippen LogP contribution is -2.58. The molecule has 2 aliphatic heterocycles. The van der Waals surface area contributed by atoms with Crippen LogP contribution < -0.4 is 4.74 Å². The van der Waals surface area contributed by atoms with Crippen LogP contribution in [0.25, 0.3) is 0 Å². The van der Waals surface area contributed by atoms with Crippen molar-refractivity contribution in [3.8, 4) is 5.75 Å². The van der Waals surface area contributed by atoms with E-state index in [2.05, 4.69) is 11.8 Å². The van der Waals surface area contributed by atoms with E-state index in [1.807, 2.05) is 11.8 Å². The summed E-state index contributed by atoms with van der Waals surface area (Å²) in [5, 5.41) is 0.431. The number of hydrogen-bond acceptors (Lipinski definition) is 5. The summed E-state index contributed by atoms with van der Waals surface area (Å²) in [5.74, 6) is -0.779. The molecule has 3 amide bonds. The normalized spacial score (nSPS) is 19.4. The lowest BCUT2D eigenvalue weighted by atomic mass is 10.1. The number of ether oxygens (including phenoxy) is 1. The first kappa shape index (κ1) is 26.8. The first-order chi connectivity index (χ1) is 18.7. The van der Waals surface area contributed by atoms with E-state index in [1.165, 1.54) is 12.1 Å². The summed E-state index contributed by atoms with van der Waals surface area (Å²) >= 11 is 6.22. The number of carbonyl (C=O) groups excluding carboxylic acids is 3. The van der Waals surface area contributed by atoms with Crippen molar-refractivity contribution < 1.29 is 23.5 Å². The van der Waals surface area contributed by atoms with Crippen LogP contribution in [0.3, 0.4) is 0 Å². The molecular formula is C30H29ClFN3O4. The Labute approximate surface area is 231 Å². The second-order valence-corrected chi connectivity index (χ2v) is 10.5. The van der Waals surface area contributed by atoms with Crippen molar-refractivity contribution in [1.29, 1.82) is 0 Å². The first-order valence-corrected chi connectivity index (χ1v) is 13.2. The summed E-state index contributed by atoms with van der Waals surface area (Å²) in [6, 6.07) is 18.2. The van der Waals surface area contributed by atoms with Crippen molar-refractivity contribution in [3.05, 3.63) is 99.8 Å². The van der Waals surface area contributed by atoms with E-state index in [1.54, 1.807) is 54.6 Å². The third-order valence-electron chi connectivity index (χ3n) is 7.31. The summed E-state index contributed by atoms with van der Waals surface area (Å²) in [5.41, 5.74) is 2.29. The largest absolute Gasteiger partial charge is 0.483 e. The summed E-state index contributed by atoms with van der Waals surface area (Å²) in [6.07, 6.45) is 0. The lowest BCUT2D eigenvalue weighted by Gasteiger charge is -2.44. The molecule has 0 aliphatic carbocycles. The van der Waals surface area contributed by atoms with Gasteiger partial charge in [-0.25, -0.2) is 4.39 Å². The number of rotatable bonds is 7. The number of halogens is 2. The predicted molar refractivity (Wildman–Crippen MR) is 145 cm³/mol. The van der Waals surface area contributed by atoms with Crippen molar-refractivity contribution in [3.63, 3.8) is 0 Å². The minimum atomic E-state index is -0.376. The molecule has 0 unspecified atom stereocenters. The fraction of sp³-hybridized carbons (Fsp3) is 0.300. The number of carbonyl (C=O) groups is 3. The van der Waals surface area contributed by atoms with Gasteiger partial charge in [0.2, 0.25) is 0 Å². The van der Waals surface area contributed by atoms with Crippen LogP contribution in [0.15, 0.2) is 66.7 Å². The summed E-state index contributed by atoms with van der Waals surface area (Å²) in [6.45, 7) is 5.74. The van der Waals surface area contributed by atoms with E-state index in [0.717, 1.165) is 10.5 Å². The topological polar surface area (TPSA) is 70.2 Å². The van der Waals surface area contributed by atoms with Crippen molar-refractivity contribution in [1.82, 2.24) is 14.7 Å². The molecule has 5 rings (SSSR count). The van der Waals surface area contributed by atoms with E-state index in [4.69, 9.17) is 16.3 Å². The number of amides is 3. The zero-order valence-corrected chi connectivity index (χ0v) is 22.5. The van der Waals surface area contributed by atoms with Crippen molar-refractivity contribution in [2.45, 2.75) is 39.0 Å². The average molecular weight is 550 g/mol. The minimum Gasteiger partial charge on any atom is -0.483 e. The molecule has 0 saturated carbocycles. The van der Waals surface area contributed by atoms with Crippen molar-refractivity contribution in [2.75, 3.05) is 19.7 Å². The van der Waals surface area contributed by atoms with Crippen LogP contribution in [0.1, 0.15) is 45.7 Å². The second-order valence-electron chi connectivity index (χ2n) is 10.1. The molecule has 2 aliphatic rings. The molecule has 3 aromatic rings. The molecule has 0 spiro atoms. The van der Waals surface area contributed by atoms with Gasteiger partial charge in [-0.2, -0.15) is 0 Å². The molecule has 0 N–H and O–H groups in total. The Morgan fingerprint density at radius 2 is 1.59 bits per heavy atom. The van der Waals surface area contributed by atoms with Crippen LogP contribution >= 0.6 is 11.6 Å². The van der Waals surface area contributed by atoms with E-state index in [0.29, 0.717) is 47.1 Å². The predicted octanol–water partition coefficient (Wildman–Crippen LogP) is 4.78. The third kappa shape index (κ3) is 5.67. The van der Waals surface area contributed by atoms with E-state index in [-0.39, 0.29) is 48.8 Å². The molecular weight excluding hydrogens is 521 g/mol. The van der Waals surface area contributed by atoms with Crippen molar-refractivity contribution in [2.24, 2.45) is 0 Å². The fourth-order valence-corrected chi connectivity index (χ4v) is 5.37. The summed E-state index contributed by atoms with van der Waals surface area (Å²) < 4.78 is 19.2. The van der Waals surface area contributed by atoms with Crippen molar-refractivity contribution >= 4 is 29.3 Å². The Hall–Kier alpha value is -3.75. The van der Waals surface area contributed by atoms with Crippen LogP contribution in [0.2, 0.25) is 5.02 Å². The number of hydrogen-bond donors (Lipinski definition) is 0. The monoisotopic (exact) mass is 549 g/mol. The summed E-state index contributed by atoms with van der Waals surface area (Å²) in [4.78, 5) is 44.2. The Morgan fingerprint density at radius 1 is 0.923 bits per heavy atom. The molecule has 1 fully saturated rings. The quantitative estimate of drug-likeness (QED) is 0.397. The fourth-order valence-electron chi connectivity index (χ4n) is 5.18. The molecule has 7 nitrogen and oxygen atoms in total. The minimum absolute atomic E-state index is 0.0219. The van der Waals surface area contributed by atoms with E-state index < -0.39 is 0 Å². The maximum absolute atomic E-state index is 13.3. The molecule has 2 heterocycles. The highest BCUT2D eigenvalue weighted by atomic mass is 35.5. The van der Waals surface area contributed by atoms with Gasteiger partial charge in [0, 0.05) is 42.3 Å². The van der Waals surface area contributed by atoms with E-state index in [9.17, 15) is 18.8 Å². The van der Waals surface area contributed by atoms with Gasteiger partial charge < -0.3 is 9.64 Å². The highest BCUT2D eigenvalue weighted by Crippen LogP contribution is 2.29. The van der Waals surface area contributed by atoms with Gasteiger partial charge in [0.25, 0.3) is 17.7 Å². The van der Waals surface area contributed by atoms with Gasteiger partial charge in [0.15, 0.2) is 6.61 Å². The molecule has 0 radical (unpaired) electrons. The zero-order chi connectivity index (χ0) is 27.7. The Kier molecular flexibility index (Phi) is 7.68. The molecule has 202 valence electrons. The highest BCUT2D eigenvalue weighted by Gasteiger charge is 2.36. The number of nitrogens with zero attached hydrogens (tertiary/aromatic N) is 3. The van der Waals surface area contributed by atoms with Gasteiger partial charge in [-0.15, -0.1) is 0 Å². The average Bonchev–Trinajstić information content (AvgIpc) is 3.16. The maximum Gasteiger partial charge on any atom is 0.261 e. The second kappa shape index (κ2) is 11.2. The van der Waals surface area contributed by atoms with Crippen LogP contribution in [0.5, 0.6) is 5.75 Å². The molecule has 0 aromatic heterocycles. The van der Waals surface area contributed by atoms with Crippen LogP contribution in [0, 0.1) is 5.82 Å². The molecule has 3 aromatic carbocycles. The smallest absolute Gasteiger partial charge is 0.261 e. The number of fused-ring (bicyclic) bond motifs is 1. The van der Waals surface area contributed by atoms with Crippen LogP contribution in [0.4, 0.5) is 4.39 Å².